The lowest BCUT2D eigenvalue weighted by Gasteiger charge is -2.50. The van der Waals surface area contributed by atoms with E-state index < -0.39 is 0 Å². The van der Waals surface area contributed by atoms with Gasteiger partial charge in [0.25, 0.3) is 0 Å². The maximum atomic E-state index is 10.6. The van der Waals surface area contributed by atoms with Gasteiger partial charge in [-0.1, -0.05) is 11.6 Å². The zero-order valence-corrected chi connectivity index (χ0v) is 11.9. The molecular weight excluding hydrogens is 266 g/mol. The summed E-state index contributed by atoms with van der Waals surface area (Å²) in [6.45, 7) is 2.39. The summed E-state index contributed by atoms with van der Waals surface area (Å²) in [5.41, 5.74) is 4.09. The van der Waals surface area contributed by atoms with Crippen LogP contribution in [0.2, 0.25) is 0 Å². The number of piperidine rings is 1. The van der Waals surface area contributed by atoms with Crippen molar-refractivity contribution in [1.82, 2.24) is 4.90 Å². The summed E-state index contributed by atoms with van der Waals surface area (Å²) in [7, 11) is 0. The van der Waals surface area contributed by atoms with Crippen molar-refractivity contribution in [2.75, 3.05) is 13.3 Å². The largest absolute Gasteiger partial charge is 0.454 e. The Labute approximate surface area is 124 Å². The molecule has 1 aromatic carbocycles. The number of aliphatic hydroxyl groups is 1. The van der Waals surface area contributed by atoms with Crippen molar-refractivity contribution in [3.8, 4) is 11.5 Å². The van der Waals surface area contributed by atoms with Crippen LogP contribution in [-0.2, 0) is 6.54 Å². The van der Waals surface area contributed by atoms with E-state index in [1.165, 1.54) is 29.5 Å². The molecule has 4 nitrogen and oxygen atoms in total. The molecule has 4 aliphatic rings. The van der Waals surface area contributed by atoms with Crippen LogP contribution in [-0.4, -0.2) is 35.5 Å². The molecule has 1 fully saturated rings. The molecule has 3 aliphatic heterocycles. The van der Waals surface area contributed by atoms with Gasteiger partial charge in [0.1, 0.15) is 0 Å². The highest BCUT2D eigenvalue weighted by Gasteiger charge is 2.44. The molecule has 3 unspecified atom stereocenters. The number of benzene rings is 1. The number of fused-ring (bicyclic) bond motifs is 3. The molecule has 1 aromatic rings. The van der Waals surface area contributed by atoms with Gasteiger partial charge in [0.05, 0.1) is 6.10 Å². The minimum Gasteiger partial charge on any atom is -0.454 e. The van der Waals surface area contributed by atoms with E-state index in [-0.39, 0.29) is 12.0 Å². The third-order valence-electron chi connectivity index (χ3n) is 5.43. The van der Waals surface area contributed by atoms with Gasteiger partial charge in [0.2, 0.25) is 6.79 Å². The van der Waals surface area contributed by atoms with Crippen molar-refractivity contribution in [1.29, 1.82) is 0 Å². The normalized spacial score (nSPS) is 33.2. The monoisotopic (exact) mass is 285 g/mol. The number of hydrogen-bond acceptors (Lipinski definition) is 4. The lowest BCUT2D eigenvalue weighted by Crippen LogP contribution is -2.52. The van der Waals surface area contributed by atoms with Gasteiger partial charge >= 0.3 is 0 Å². The van der Waals surface area contributed by atoms with Gasteiger partial charge in [-0.3, -0.25) is 4.90 Å². The summed E-state index contributed by atoms with van der Waals surface area (Å²) in [5.74, 6) is 1.87. The Morgan fingerprint density at radius 3 is 2.95 bits per heavy atom. The average molecular weight is 285 g/mol. The summed E-state index contributed by atoms with van der Waals surface area (Å²) in [6.07, 6.45) is 5.17. The number of hydrogen-bond donors (Lipinski definition) is 1. The molecule has 1 N–H and O–H groups in total. The summed E-state index contributed by atoms with van der Waals surface area (Å²) >= 11 is 0. The predicted octanol–water partition coefficient (Wildman–Crippen LogP) is 2.17. The Morgan fingerprint density at radius 1 is 1.19 bits per heavy atom. The quantitative estimate of drug-likeness (QED) is 0.742. The molecule has 3 atom stereocenters. The molecule has 1 aliphatic carbocycles. The first kappa shape index (κ1) is 12.1. The summed E-state index contributed by atoms with van der Waals surface area (Å²) in [5, 5.41) is 10.6. The van der Waals surface area contributed by atoms with Crippen molar-refractivity contribution >= 4 is 0 Å². The van der Waals surface area contributed by atoms with Crippen LogP contribution in [0.3, 0.4) is 0 Å². The van der Waals surface area contributed by atoms with E-state index in [1.54, 1.807) is 0 Å². The third-order valence-corrected chi connectivity index (χ3v) is 5.43. The molecule has 0 bridgehead atoms. The van der Waals surface area contributed by atoms with Crippen molar-refractivity contribution in [2.24, 2.45) is 0 Å². The van der Waals surface area contributed by atoms with Crippen molar-refractivity contribution in [3.63, 3.8) is 0 Å². The molecule has 5 rings (SSSR count). The second-order valence-electron chi connectivity index (χ2n) is 6.53. The highest BCUT2D eigenvalue weighted by Crippen LogP contribution is 2.48. The molecule has 0 aromatic heterocycles. The fraction of sp³-hybridized carbons (Fsp3) is 0.529. The maximum absolute atomic E-state index is 10.6. The molecule has 110 valence electrons. The number of nitrogens with zero attached hydrogens (tertiary/aromatic N) is 1. The second-order valence-corrected chi connectivity index (χ2v) is 6.53. The maximum Gasteiger partial charge on any atom is 0.231 e. The van der Waals surface area contributed by atoms with Crippen LogP contribution in [0.25, 0.3) is 0 Å². The third kappa shape index (κ3) is 1.63. The SMILES string of the molecule is OC1CC=C2CCCN3Cc4cc5c(cc4C1C23)OCO5. The molecule has 4 heteroatoms. The molecule has 3 heterocycles. The molecule has 0 amide bonds. The fourth-order valence-electron chi connectivity index (χ4n) is 4.54. The molecule has 0 radical (unpaired) electrons. The number of rotatable bonds is 0. The van der Waals surface area contributed by atoms with Crippen molar-refractivity contribution in [2.45, 2.75) is 43.9 Å². The standard InChI is InChI=1S/C17H19NO3/c19-13-4-3-10-2-1-5-18-8-11-6-14-15(21-9-20-14)7-12(11)16(13)17(10)18/h3,6-7,13,16-17,19H,1-2,4-5,8-9H2. The Balaban J connectivity index is 1.68. The average Bonchev–Trinajstić information content (AvgIpc) is 2.95. The fourth-order valence-corrected chi connectivity index (χ4v) is 4.54. The van der Waals surface area contributed by atoms with Gasteiger partial charge in [-0.15, -0.1) is 0 Å². The molecule has 0 spiro atoms. The van der Waals surface area contributed by atoms with Gasteiger partial charge in [-0.05, 0) is 49.1 Å². The van der Waals surface area contributed by atoms with Crippen LogP contribution in [0.15, 0.2) is 23.8 Å². The van der Waals surface area contributed by atoms with E-state index in [0.29, 0.717) is 12.8 Å². The van der Waals surface area contributed by atoms with E-state index >= 15 is 0 Å². The predicted molar refractivity (Wildman–Crippen MR) is 77.4 cm³/mol. The van der Waals surface area contributed by atoms with Crippen molar-refractivity contribution < 1.29 is 14.6 Å². The van der Waals surface area contributed by atoms with Gasteiger partial charge in [-0.2, -0.15) is 0 Å². The highest BCUT2D eigenvalue weighted by molar-refractivity contribution is 5.52. The van der Waals surface area contributed by atoms with Gasteiger partial charge in [-0.25, -0.2) is 0 Å². The Hall–Kier alpha value is -1.52. The Morgan fingerprint density at radius 2 is 2.05 bits per heavy atom. The lowest BCUT2D eigenvalue weighted by atomic mass is 9.70. The van der Waals surface area contributed by atoms with Crippen LogP contribution < -0.4 is 9.47 Å². The van der Waals surface area contributed by atoms with Gasteiger partial charge in [0.15, 0.2) is 11.5 Å². The lowest BCUT2D eigenvalue weighted by molar-refractivity contribution is 0.0535. The first-order chi connectivity index (χ1) is 10.3. The van der Waals surface area contributed by atoms with Crippen LogP contribution in [0, 0.1) is 0 Å². The zero-order valence-electron chi connectivity index (χ0n) is 11.9. The molecule has 0 saturated carbocycles. The van der Waals surface area contributed by atoms with E-state index in [2.05, 4.69) is 23.1 Å². The number of aliphatic hydroxyl groups excluding tert-OH is 1. The van der Waals surface area contributed by atoms with Gasteiger partial charge in [0, 0.05) is 18.5 Å². The van der Waals surface area contributed by atoms with Crippen LogP contribution in [0.4, 0.5) is 0 Å². The van der Waals surface area contributed by atoms with Crippen molar-refractivity contribution in [3.05, 3.63) is 34.9 Å². The first-order valence-electron chi connectivity index (χ1n) is 7.85. The highest BCUT2D eigenvalue weighted by atomic mass is 16.7. The van der Waals surface area contributed by atoms with Crippen LogP contribution >= 0.6 is 0 Å². The molecular formula is C17H19NO3. The summed E-state index contributed by atoms with van der Waals surface area (Å²) in [4.78, 5) is 2.53. The number of ether oxygens (including phenoxy) is 2. The Bertz CT molecular complexity index is 639. The van der Waals surface area contributed by atoms with E-state index in [0.717, 1.165) is 31.0 Å². The zero-order chi connectivity index (χ0) is 14.0. The molecule has 1 saturated heterocycles. The topological polar surface area (TPSA) is 41.9 Å². The van der Waals surface area contributed by atoms with Gasteiger partial charge < -0.3 is 14.6 Å². The van der Waals surface area contributed by atoms with E-state index in [1.807, 2.05) is 0 Å². The Kier molecular flexibility index (Phi) is 2.44. The van der Waals surface area contributed by atoms with E-state index in [9.17, 15) is 5.11 Å². The summed E-state index contributed by atoms with van der Waals surface area (Å²) in [6, 6.07) is 4.61. The molecule has 21 heavy (non-hydrogen) atoms. The minimum absolute atomic E-state index is 0.184. The second kappa shape index (κ2) is 4.24. The van der Waals surface area contributed by atoms with Crippen LogP contribution in [0.1, 0.15) is 36.3 Å². The smallest absolute Gasteiger partial charge is 0.231 e. The first-order valence-corrected chi connectivity index (χ1v) is 7.85. The summed E-state index contributed by atoms with van der Waals surface area (Å²) < 4.78 is 11.1. The minimum atomic E-state index is -0.293. The van der Waals surface area contributed by atoms with E-state index in [4.69, 9.17) is 9.47 Å². The van der Waals surface area contributed by atoms with Crippen LogP contribution in [0.5, 0.6) is 11.5 Å².